The second-order valence-electron chi connectivity index (χ2n) is 12.1. The van der Waals surface area contributed by atoms with Gasteiger partial charge in [-0.25, -0.2) is 4.18 Å². The number of fused-ring (bicyclic) bond motifs is 5. The molecule has 8 unspecified atom stereocenters. The highest BCUT2D eigenvalue weighted by Crippen LogP contribution is 2.67. The topological polar surface area (TPSA) is 101 Å². The molecule has 0 aromatic carbocycles. The first-order valence-electron chi connectivity index (χ1n) is 13.1. The number of rotatable bonds is 7. The summed E-state index contributed by atoms with van der Waals surface area (Å²) >= 11 is 0. The molecule has 3 saturated carbocycles. The minimum Gasteiger partial charge on any atom is -0.481 e. The van der Waals surface area contributed by atoms with E-state index in [9.17, 15) is 18.3 Å². The Morgan fingerprint density at radius 2 is 1.94 bits per heavy atom. The highest BCUT2D eigenvalue weighted by Gasteiger charge is 2.62. The quantitative estimate of drug-likeness (QED) is 0.323. The van der Waals surface area contributed by atoms with Gasteiger partial charge in [-0.05, 0) is 113 Å². The normalized spacial score (nSPS) is 40.4. The summed E-state index contributed by atoms with van der Waals surface area (Å²) in [5.41, 5.74) is 1.54. The van der Waals surface area contributed by atoms with Gasteiger partial charge < -0.3 is 5.11 Å². The van der Waals surface area contributed by atoms with E-state index in [0.29, 0.717) is 36.5 Å². The molecule has 6 nitrogen and oxygen atoms in total. The molecule has 0 saturated heterocycles. The molecule has 192 valence electrons. The van der Waals surface area contributed by atoms with Crippen LogP contribution in [0.3, 0.4) is 0 Å². The standard InChI is InChI=1S/C27H42O6S/c1-17(2)6-5-7-18(3)22-10-11-23-21-9-8-19-16-20(33-34(30,31)32)12-15-27(19,25(28)29)24(21)13-14-26(22,23)4/h6,8,18,20-24H,5,7,9-16H2,1-4H3,(H,28,29)(H,30,31,32). The second kappa shape index (κ2) is 9.36. The van der Waals surface area contributed by atoms with Crippen molar-refractivity contribution in [1.29, 1.82) is 0 Å². The molecule has 0 aromatic rings. The SMILES string of the molecule is CC(C)=CCCC(C)C1CCC2C3CC=C4CC(OS(=O)(=O)O)CCC4(C(=O)O)C3CCC12C. The summed E-state index contributed by atoms with van der Waals surface area (Å²) in [6.07, 6.45) is 12.3. The van der Waals surface area contributed by atoms with Crippen LogP contribution in [0.1, 0.15) is 91.9 Å². The first kappa shape index (κ1) is 25.9. The van der Waals surface area contributed by atoms with Gasteiger partial charge in [0.1, 0.15) is 0 Å². The number of hydrogen-bond donors (Lipinski definition) is 2. The Morgan fingerprint density at radius 1 is 1.21 bits per heavy atom. The number of carboxylic acids is 1. The molecule has 0 bridgehead atoms. The Morgan fingerprint density at radius 3 is 2.59 bits per heavy atom. The average molecular weight is 495 g/mol. The maximum Gasteiger partial charge on any atom is 0.397 e. The summed E-state index contributed by atoms with van der Waals surface area (Å²) in [4.78, 5) is 12.8. The Bertz CT molecular complexity index is 964. The van der Waals surface area contributed by atoms with Crippen LogP contribution in [-0.4, -0.2) is 30.2 Å². The third-order valence-corrected chi connectivity index (χ3v) is 10.7. The predicted molar refractivity (Wildman–Crippen MR) is 131 cm³/mol. The van der Waals surface area contributed by atoms with E-state index in [1.165, 1.54) is 24.8 Å². The third-order valence-electron chi connectivity index (χ3n) is 10.2. The summed E-state index contributed by atoms with van der Waals surface area (Å²) in [5, 5.41) is 10.5. The fourth-order valence-electron chi connectivity index (χ4n) is 8.74. The molecule has 3 fully saturated rings. The van der Waals surface area contributed by atoms with E-state index >= 15 is 0 Å². The molecular weight excluding hydrogens is 452 g/mol. The van der Waals surface area contributed by atoms with E-state index in [-0.39, 0.29) is 17.8 Å². The Balaban J connectivity index is 1.56. The first-order valence-corrected chi connectivity index (χ1v) is 14.5. The van der Waals surface area contributed by atoms with Crippen molar-refractivity contribution in [1.82, 2.24) is 0 Å². The van der Waals surface area contributed by atoms with Gasteiger partial charge in [0.15, 0.2) is 0 Å². The van der Waals surface area contributed by atoms with Crippen LogP contribution >= 0.6 is 0 Å². The molecule has 34 heavy (non-hydrogen) atoms. The van der Waals surface area contributed by atoms with Crippen LogP contribution in [0.2, 0.25) is 0 Å². The predicted octanol–water partition coefficient (Wildman–Crippen LogP) is 6.20. The van der Waals surface area contributed by atoms with Crippen molar-refractivity contribution in [2.75, 3.05) is 0 Å². The van der Waals surface area contributed by atoms with Crippen LogP contribution < -0.4 is 0 Å². The zero-order chi connectivity index (χ0) is 24.9. The molecule has 4 rings (SSSR count). The van der Waals surface area contributed by atoms with Gasteiger partial charge in [0.2, 0.25) is 0 Å². The minimum absolute atomic E-state index is 0.0921. The molecule has 0 radical (unpaired) electrons. The maximum atomic E-state index is 12.8. The monoisotopic (exact) mass is 494 g/mol. The molecule has 4 aliphatic rings. The highest BCUT2D eigenvalue weighted by molar-refractivity contribution is 7.80. The van der Waals surface area contributed by atoms with Gasteiger partial charge in [0.05, 0.1) is 11.5 Å². The lowest BCUT2D eigenvalue weighted by molar-refractivity contribution is -0.159. The average Bonchev–Trinajstić information content (AvgIpc) is 3.09. The van der Waals surface area contributed by atoms with Gasteiger partial charge in [0, 0.05) is 0 Å². The van der Waals surface area contributed by atoms with Gasteiger partial charge in [-0.3, -0.25) is 9.35 Å². The van der Waals surface area contributed by atoms with Crippen molar-refractivity contribution in [3.05, 3.63) is 23.3 Å². The molecule has 4 aliphatic carbocycles. The van der Waals surface area contributed by atoms with E-state index in [4.69, 9.17) is 8.74 Å². The first-order chi connectivity index (χ1) is 15.9. The molecule has 0 heterocycles. The van der Waals surface area contributed by atoms with Crippen LogP contribution in [0.5, 0.6) is 0 Å². The highest BCUT2D eigenvalue weighted by atomic mass is 32.3. The van der Waals surface area contributed by atoms with E-state index in [1.807, 2.05) is 0 Å². The largest absolute Gasteiger partial charge is 0.481 e. The zero-order valence-electron chi connectivity index (χ0n) is 21.1. The van der Waals surface area contributed by atoms with Crippen molar-refractivity contribution < 1.29 is 27.1 Å². The van der Waals surface area contributed by atoms with Gasteiger partial charge in [-0.1, -0.05) is 37.1 Å². The molecule has 8 atom stereocenters. The van der Waals surface area contributed by atoms with Gasteiger partial charge in [0.25, 0.3) is 0 Å². The van der Waals surface area contributed by atoms with Crippen LogP contribution in [0.15, 0.2) is 23.3 Å². The maximum absolute atomic E-state index is 12.8. The number of carboxylic acid groups (broad SMARTS) is 1. The van der Waals surface area contributed by atoms with E-state index < -0.39 is 27.9 Å². The fraction of sp³-hybridized carbons (Fsp3) is 0.815. The molecule has 2 N–H and O–H groups in total. The third kappa shape index (κ3) is 4.53. The summed E-state index contributed by atoms with van der Waals surface area (Å²) in [6.45, 7) is 9.21. The smallest absolute Gasteiger partial charge is 0.397 e. The number of allylic oxidation sites excluding steroid dienone is 3. The molecule has 0 aromatic heterocycles. The van der Waals surface area contributed by atoms with Crippen LogP contribution in [0.25, 0.3) is 0 Å². The lowest BCUT2D eigenvalue weighted by Crippen LogP contribution is -2.55. The van der Waals surface area contributed by atoms with Gasteiger partial charge in [-0.2, -0.15) is 8.42 Å². The number of carbonyl (C=O) groups is 1. The van der Waals surface area contributed by atoms with E-state index in [1.54, 1.807) is 0 Å². The van der Waals surface area contributed by atoms with Crippen molar-refractivity contribution in [2.45, 2.75) is 98.0 Å². The Labute approximate surface area is 205 Å². The molecule has 0 spiro atoms. The van der Waals surface area contributed by atoms with Crippen molar-refractivity contribution >= 4 is 16.4 Å². The summed E-state index contributed by atoms with van der Waals surface area (Å²) in [6, 6.07) is 0. The van der Waals surface area contributed by atoms with Crippen molar-refractivity contribution in [3.8, 4) is 0 Å². The van der Waals surface area contributed by atoms with Crippen LogP contribution in [-0.2, 0) is 19.4 Å². The van der Waals surface area contributed by atoms with Crippen LogP contribution in [0.4, 0.5) is 0 Å². The van der Waals surface area contributed by atoms with E-state index in [2.05, 4.69) is 39.8 Å². The number of hydrogen-bond acceptors (Lipinski definition) is 4. The summed E-state index contributed by atoms with van der Waals surface area (Å²) < 4.78 is 36.5. The lowest BCUT2D eigenvalue weighted by atomic mass is 9.46. The molecular formula is C27H42O6S. The molecule has 0 amide bonds. The lowest BCUT2D eigenvalue weighted by Gasteiger charge is -2.57. The summed E-state index contributed by atoms with van der Waals surface area (Å²) in [5.74, 6) is 1.59. The van der Waals surface area contributed by atoms with Crippen molar-refractivity contribution in [3.63, 3.8) is 0 Å². The van der Waals surface area contributed by atoms with E-state index in [0.717, 1.165) is 31.3 Å². The summed E-state index contributed by atoms with van der Waals surface area (Å²) in [7, 11) is -4.55. The molecule has 0 aliphatic heterocycles. The molecule has 7 heteroatoms. The number of aliphatic carboxylic acids is 1. The fourth-order valence-corrected chi connectivity index (χ4v) is 9.25. The van der Waals surface area contributed by atoms with Gasteiger partial charge >= 0.3 is 16.4 Å². The minimum atomic E-state index is -4.55. The van der Waals surface area contributed by atoms with Gasteiger partial charge in [-0.15, -0.1) is 0 Å². The van der Waals surface area contributed by atoms with Crippen molar-refractivity contribution in [2.24, 2.45) is 40.4 Å². The Kier molecular flexibility index (Phi) is 7.13. The second-order valence-corrected chi connectivity index (χ2v) is 13.1. The van der Waals surface area contributed by atoms with Crippen LogP contribution in [0, 0.1) is 40.4 Å². The zero-order valence-corrected chi connectivity index (χ0v) is 21.9. The Hall–Kier alpha value is -1.18.